The van der Waals surface area contributed by atoms with E-state index in [4.69, 9.17) is 10.00 Å². The monoisotopic (exact) mass is 189 g/mol. The molecule has 1 aromatic rings. The van der Waals surface area contributed by atoms with Gasteiger partial charge in [0.1, 0.15) is 6.07 Å². The Kier molecular flexibility index (Phi) is 3.24. The fourth-order valence-electron chi connectivity index (χ4n) is 1.14. The lowest BCUT2D eigenvalue weighted by atomic mass is 10.1. The molecule has 0 saturated carbocycles. The van der Waals surface area contributed by atoms with Crippen molar-refractivity contribution in [1.82, 2.24) is 0 Å². The van der Waals surface area contributed by atoms with Crippen molar-refractivity contribution in [2.45, 2.75) is 13.8 Å². The predicted molar refractivity (Wildman–Crippen MR) is 51.9 cm³/mol. The summed E-state index contributed by atoms with van der Waals surface area (Å²) in [6, 6.07) is 7.05. The van der Waals surface area contributed by atoms with Crippen LogP contribution in [0.2, 0.25) is 0 Å². The van der Waals surface area contributed by atoms with Crippen LogP contribution < -0.4 is 0 Å². The van der Waals surface area contributed by atoms with Crippen molar-refractivity contribution >= 4 is 5.97 Å². The van der Waals surface area contributed by atoms with Crippen LogP contribution >= 0.6 is 0 Å². The predicted octanol–water partition coefficient (Wildman–Crippen LogP) is 2.04. The third-order valence-electron chi connectivity index (χ3n) is 1.79. The number of carbonyl (C=O) groups excluding carboxylic acids is 1. The fraction of sp³-hybridized carbons (Fsp3) is 0.273. The number of hydrogen-bond donors (Lipinski definition) is 0. The third-order valence-corrected chi connectivity index (χ3v) is 1.79. The minimum absolute atomic E-state index is 0.317. The van der Waals surface area contributed by atoms with E-state index in [1.54, 1.807) is 25.1 Å². The SMILES string of the molecule is CCOC(=O)c1ccc(C)cc1C#N. The standard InChI is InChI=1S/C11H11NO2/c1-3-14-11(13)10-5-4-8(2)6-9(10)7-12/h4-6H,3H2,1-2H3. The Labute approximate surface area is 82.9 Å². The van der Waals surface area contributed by atoms with Gasteiger partial charge < -0.3 is 4.74 Å². The average molecular weight is 189 g/mol. The smallest absolute Gasteiger partial charge is 0.339 e. The minimum atomic E-state index is -0.441. The molecular formula is C11H11NO2. The molecule has 0 unspecified atom stereocenters. The number of nitrogens with zero attached hydrogens (tertiary/aromatic N) is 1. The molecular weight excluding hydrogens is 178 g/mol. The number of aryl methyl sites for hydroxylation is 1. The van der Waals surface area contributed by atoms with Crippen LogP contribution in [0.1, 0.15) is 28.4 Å². The Bertz CT molecular complexity index is 391. The molecule has 0 aromatic heterocycles. The normalized spacial score (nSPS) is 9.21. The zero-order valence-corrected chi connectivity index (χ0v) is 8.20. The van der Waals surface area contributed by atoms with Gasteiger partial charge in [-0.15, -0.1) is 0 Å². The van der Waals surface area contributed by atoms with Crippen LogP contribution in [-0.4, -0.2) is 12.6 Å². The first-order chi connectivity index (χ1) is 6.69. The van der Waals surface area contributed by atoms with Crippen molar-refractivity contribution in [1.29, 1.82) is 5.26 Å². The Morgan fingerprint density at radius 3 is 2.86 bits per heavy atom. The van der Waals surface area contributed by atoms with Gasteiger partial charge in [0.05, 0.1) is 17.7 Å². The number of esters is 1. The molecule has 0 saturated heterocycles. The van der Waals surface area contributed by atoms with E-state index < -0.39 is 5.97 Å². The summed E-state index contributed by atoms with van der Waals surface area (Å²) in [4.78, 5) is 11.4. The number of ether oxygens (including phenoxy) is 1. The molecule has 0 atom stereocenters. The second-order valence-electron chi connectivity index (χ2n) is 2.88. The van der Waals surface area contributed by atoms with Crippen molar-refractivity contribution in [3.05, 3.63) is 34.9 Å². The van der Waals surface area contributed by atoms with Crippen LogP contribution in [0, 0.1) is 18.3 Å². The van der Waals surface area contributed by atoms with Gasteiger partial charge in [-0.1, -0.05) is 6.07 Å². The topological polar surface area (TPSA) is 50.1 Å². The first kappa shape index (κ1) is 10.3. The van der Waals surface area contributed by atoms with Crippen molar-refractivity contribution in [3.8, 4) is 6.07 Å². The molecule has 72 valence electrons. The Morgan fingerprint density at radius 2 is 2.29 bits per heavy atom. The van der Waals surface area contributed by atoms with Gasteiger partial charge in [-0.3, -0.25) is 0 Å². The molecule has 14 heavy (non-hydrogen) atoms. The van der Waals surface area contributed by atoms with Gasteiger partial charge in [-0.05, 0) is 31.5 Å². The minimum Gasteiger partial charge on any atom is -0.462 e. The molecule has 0 bridgehead atoms. The highest BCUT2D eigenvalue weighted by atomic mass is 16.5. The van der Waals surface area contributed by atoms with Gasteiger partial charge >= 0.3 is 5.97 Å². The molecule has 0 fully saturated rings. The lowest BCUT2D eigenvalue weighted by Gasteiger charge is -2.03. The Balaban J connectivity index is 3.09. The van der Waals surface area contributed by atoms with Gasteiger partial charge in [-0.25, -0.2) is 4.79 Å². The zero-order valence-electron chi connectivity index (χ0n) is 8.20. The molecule has 0 amide bonds. The second-order valence-corrected chi connectivity index (χ2v) is 2.88. The maximum Gasteiger partial charge on any atom is 0.339 e. The molecule has 0 N–H and O–H groups in total. The quantitative estimate of drug-likeness (QED) is 0.669. The van der Waals surface area contributed by atoms with Crippen molar-refractivity contribution in [2.75, 3.05) is 6.61 Å². The highest BCUT2D eigenvalue weighted by Gasteiger charge is 2.11. The van der Waals surface area contributed by atoms with Crippen LogP contribution in [0.15, 0.2) is 18.2 Å². The molecule has 3 heteroatoms. The van der Waals surface area contributed by atoms with Crippen molar-refractivity contribution < 1.29 is 9.53 Å². The molecule has 0 heterocycles. The van der Waals surface area contributed by atoms with Crippen LogP contribution in [-0.2, 0) is 4.74 Å². The highest BCUT2D eigenvalue weighted by Crippen LogP contribution is 2.11. The Morgan fingerprint density at radius 1 is 1.57 bits per heavy atom. The lowest BCUT2D eigenvalue weighted by molar-refractivity contribution is 0.0526. The van der Waals surface area contributed by atoms with Gasteiger partial charge in [0.15, 0.2) is 0 Å². The maximum absolute atomic E-state index is 11.4. The van der Waals surface area contributed by atoms with Gasteiger partial charge in [0, 0.05) is 0 Å². The third kappa shape index (κ3) is 2.11. The molecule has 1 aromatic carbocycles. The van der Waals surface area contributed by atoms with Crippen LogP contribution in [0.5, 0.6) is 0 Å². The molecule has 0 aliphatic heterocycles. The van der Waals surface area contributed by atoms with E-state index >= 15 is 0 Å². The van der Waals surface area contributed by atoms with Crippen LogP contribution in [0.3, 0.4) is 0 Å². The Hall–Kier alpha value is -1.82. The zero-order chi connectivity index (χ0) is 10.6. The summed E-state index contributed by atoms with van der Waals surface area (Å²) in [5, 5.41) is 8.80. The van der Waals surface area contributed by atoms with E-state index in [1.165, 1.54) is 0 Å². The van der Waals surface area contributed by atoms with Crippen LogP contribution in [0.4, 0.5) is 0 Å². The molecule has 3 nitrogen and oxygen atoms in total. The molecule has 0 radical (unpaired) electrons. The van der Waals surface area contributed by atoms with Crippen LogP contribution in [0.25, 0.3) is 0 Å². The van der Waals surface area contributed by atoms with Gasteiger partial charge in [0.2, 0.25) is 0 Å². The van der Waals surface area contributed by atoms with E-state index in [-0.39, 0.29) is 0 Å². The first-order valence-electron chi connectivity index (χ1n) is 4.37. The fourth-order valence-corrected chi connectivity index (χ4v) is 1.14. The first-order valence-corrected chi connectivity index (χ1v) is 4.37. The summed E-state index contributed by atoms with van der Waals surface area (Å²) in [6.45, 7) is 3.92. The molecule has 0 aliphatic rings. The number of rotatable bonds is 2. The number of carbonyl (C=O) groups is 1. The summed E-state index contributed by atoms with van der Waals surface area (Å²) in [5.41, 5.74) is 1.65. The average Bonchev–Trinajstić information content (AvgIpc) is 2.17. The second kappa shape index (κ2) is 4.43. The highest BCUT2D eigenvalue weighted by molar-refractivity contribution is 5.92. The van der Waals surface area contributed by atoms with Gasteiger partial charge in [0.25, 0.3) is 0 Å². The number of benzene rings is 1. The largest absolute Gasteiger partial charge is 0.462 e. The van der Waals surface area contributed by atoms with E-state index in [9.17, 15) is 4.79 Å². The summed E-state index contributed by atoms with van der Waals surface area (Å²) in [6.07, 6.45) is 0. The van der Waals surface area contributed by atoms with E-state index in [0.717, 1.165) is 5.56 Å². The number of nitriles is 1. The lowest BCUT2D eigenvalue weighted by Crippen LogP contribution is -2.06. The summed E-state index contributed by atoms with van der Waals surface area (Å²) in [5.74, 6) is -0.441. The van der Waals surface area contributed by atoms with E-state index in [2.05, 4.69) is 0 Å². The summed E-state index contributed by atoms with van der Waals surface area (Å²) in [7, 11) is 0. The van der Waals surface area contributed by atoms with Crippen molar-refractivity contribution in [2.24, 2.45) is 0 Å². The van der Waals surface area contributed by atoms with E-state index in [1.807, 2.05) is 13.0 Å². The summed E-state index contributed by atoms with van der Waals surface area (Å²) >= 11 is 0. The maximum atomic E-state index is 11.4. The van der Waals surface area contributed by atoms with E-state index in [0.29, 0.717) is 17.7 Å². The number of hydrogen-bond acceptors (Lipinski definition) is 3. The summed E-state index contributed by atoms with van der Waals surface area (Å²) < 4.78 is 4.82. The van der Waals surface area contributed by atoms with Crippen molar-refractivity contribution in [3.63, 3.8) is 0 Å². The molecule has 0 spiro atoms. The molecule has 0 aliphatic carbocycles. The van der Waals surface area contributed by atoms with Gasteiger partial charge in [-0.2, -0.15) is 5.26 Å². The molecule has 1 rings (SSSR count).